The lowest BCUT2D eigenvalue weighted by atomic mass is 9.99. The first-order chi connectivity index (χ1) is 14.6. The van der Waals surface area contributed by atoms with Gasteiger partial charge in [-0.25, -0.2) is 0 Å². The van der Waals surface area contributed by atoms with Gasteiger partial charge in [-0.1, -0.05) is 30.3 Å². The van der Waals surface area contributed by atoms with Crippen LogP contribution in [0.15, 0.2) is 54.6 Å². The third kappa shape index (κ3) is 5.06. The van der Waals surface area contributed by atoms with Crippen LogP contribution in [0.3, 0.4) is 0 Å². The first kappa shape index (κ1) is 20.1. The molecule has 2 fully saturated rings. The maximum atomic E-state index is 12.9. The predicted molar refractivity (Wildman–Crippen MR) is 115 cm³/mol. The maximum absolute atomic E-state index is 12.9. The molecule has 0 bridgehead atoms. The number of hydrogen-bond donors (Lipinski definition) is 2. The molecule has 6 heteroatoms. The zero-order valence-electron chi connectivity index (χ0n) is 17.0. The quantitative estimate of drug-likeness (QED) is 0.775. The molecule has 1 saturated carbocycles. The first-order valence-electron chi connectivity index (χ1n) is 10.7. The van der Waals surface area contributed by atoms with Gasteiger partial charge in [0.25, 0.3) is 5.91 Å². The maximum Gasteiger partial charge on any atom is 0.254 e. The van der Waals surface area contributed by atoms with Gasteiger partial charge >= 0.3 is 0 Å². The molecule has 2 aromatic rings. The van der Waals surface area contributed by atoms with Crippen LogP contribution in [-0.2, 0) is 16.0 Å². The summed E-state index contributed by atoms with van der Waals surface area (Å²) in [5, 5.41) is 5.91. The van der Waals surface area contributed by atoms with Gasteiger partial charge in [0.15, 0.2) is 0 Å². The van der Waals surface area contributed by atoms with Gasteiger partial charge in [-0.3, -0.25) is 14.4 Å². The van der Waals surface area contributed by atoms with Crippen LogP contribution in [0.2, 0.25) is 0 Å². The molecule has 2 N–H and O–H groups in total. The van der Waals surface area contributed by atoms with Gasteiger partial charge in [-0.05, 0) is 61.9 Å². The zero-order valence-corrected chi connectivity index (χ0v) is 17.0. The number of carbonyl (C=O) groups is 3. The number of carbonyl (C=O) groups excluding carboxylic acids is 3. The molecule has 2 aromatic carbocycles. The lowest BCUT2D eigenvalue weighted by Gasteiger charge is -2.34. The van der Waals surface area contributed by atoms with E-state index >= 15 is 0 Å². The number of anilines is 1. The number of amides is 3. The average Bonchev–Trinajstić information content (AvgIpc) is 3.59. The average molecular weight is 405 g/mol. The Labute approximate surface area is 176 Å². The molecule has 0 aromatic heterocycles. The Hall–Kier alpha value is -3.15. The lowest BCUT2D eigenvalue weighted by Crippen LogP contribution is -2.50. The van der Waals surface area contributed by atoms with Crippen LogP contribution in [0.1, 0.15) is 48.0 Å². The van der Waals surface area contributed by atoms with Gasteiger partial charge in [0.2, 0.25) is 11.8 Å². The number of piperidine rings is 1. The van der Waals surface area contributed by atoms with Gasteiger partial charge in [0, 0.05) is 23.8 Å². The molecular weight excluding hydrogens is 378 g/mol. The second-order valence-electron chi connectivity index (χ2n) is 8.08. The molecular formula is C24H27N3O3. The van der Waals surface area contributed by atoms with Gasteiger partial charge in [-0.2, -0.15) is 0 Å². The molecule has 2 aliphatic rings. The molecule has 30 heavy (non-hydrogen) atoms. The summed E-state index contributed by atoms with van der Waals surface area (Å²) < 4.78 is 0. The van der Waals surface area contributed by atoms with Crippen LogP contribution in [0.25, 0.3) is 0 Å². The van der Waals surface area contributed by atoms with Crippen LogP contribution in [0, 0.1) is 0 Å². The van der Waals surface area contributed by atoms with Crippen molar-refractivity contribution in [1.29, 1.82) is 0 Å². The zero-order chi connectivity index (χ0) is 20.9. The van der Waals surface area contributed by atoms with Crippen molar-refractivity contribution in [3.8, 4) is 0 Å². The monoisotopic (exact) mass is 405 g/mol. The summed E-state index contributed by atoms with van der Waals surface area (Å²) in [6.45, 7) is 0.584. The second kappa shape index (κ2) is 9.11. The number of hydrogen-bond acceptors (Lipinski definition) is 3. The van der Waals surface area contributed by atoms with Crippen molar-refractivity contribution < 1.29 is 14.4 Å². The number of nitrogens with one attached hydrogen (secondary N) is 2. The Morgan fingerprint density at radius 1 is 0.900 bits per heavy atom. The summed E-state index contributed by atoms with van der Waals surface area (Å²) in [5.41, 5.74) is 2.18. The van der Waals surface area contributed by atoms with Crippen LogP contribution in [0.4, 0.5) is 5.69 Å². The SMILES string of the molecule is O=C(Cc1ccc(NC(=O)C2CCCCN2C(=O)c2ccccc2)cc1)NC1CC1. The van der Waals surface area contributed by atoms with Gasteiger partial charge in [-0.15, -0.1) is 0 Å². The molecule has 4 rings (SSSR count). The summed E-state index contributed by atoms with van der Waals surface area (Å²) in [5.74, 6) is -0.239. The summed E-state index contributed by atoms with van der Waals surface area (Å²) in [4.78, 5) is 39.5. The highest BCUT2D eigenvalue weighted by Gasteiger charge is 2.32. The third-order valence-corrected chi connectivity index (χ3v) is 5.62. The highest BCUT2D eigenvalue weighted by molar-refractivity contribution is 6.01. The summed E-state index contributed by atoms with van der Waals surface area (Å²) >= 11 is 0. The fraction of sp³-hybridized carbons (Fsp3) is 0.375. The van der Waals surface area contributed by atoms with Crippen molar-refractivity contribution in [1.82, 2.24) is 10.2 Å². The molecule has 3 amide bonds. The van der Waals surface area contributed by atoms with E-state index in [0.29, 0.717) is 36.7 Å². The predicted octanol–water partition coefficient (Wildman–Crippen LogP) is 3.14. The van der Waals surface area contributed by atoms with Crippen LogP contribution in [0.5, 0.6) is 0 Å². The van der Waals surface area contributed by atoms with Gasteiger partial charge in [0.1, 0.15) is 6.04 Å². The van der Waals surface area contributed by atoms with E-state index in [9.17, 15) is 14.4 Å². The third-order valence-electron chi connectivity index (χ3n) is 5.62. The van der Waals surface area contributed by atoms with E-state index in [0.717, 1.165) is 31.2 Å². The van der Waals surface area contributed by atoms with E-state index in [2.05, 4.69) is 10.6 Å². The number of rotatable bonds is 6. The standard InChI is InChI=1S/C24H27N3O3/c28-22(25-19-13-14-19)16-17-9-11-20(12-10-17)26-23(29)21-8-4-5-15-27(21)24(30)18-6-2-1-3-7-18/h1-3,6-7,9-12,19,21H,4-5,8,13-16H2,(H,25,28)(H,26,29). The van der Waals surface area contributed by atoms with E-state index in [4.69, 9.17) is 0 Å². The topological polar surface area (TPSA) is 78.5 Å². The normalized spacial score (nSPS) is 18.5. The molecule has 1 saturated heterocycles. The van der Waals surface area contributed by atoms with E-state index in [1.54, 1.807) is 17.0 Å². The second-order valence-corrected chi connectivity index (χ2v) is 8.08. The number of nitrogens with zero attached hydrogens (tertiary/aromatic N) is 1. The molecule has 0 spiro atoms. The molecule has 1 aliphatic carbocycles. The van der Waals surface area contributed by atoms with E-state index in [1.807, 2.05) is 42.5 Å². The minimum absolute atomic E-state index is 0.0338. The van der Waals surface area contributed by atoms with Crippen molar-refractivity contribution in [2.24, 2.45) is 0 Å². The Morgan fingerprint density at radius 3 is 2.33 bits per heavy atom. The van der Waals surface area contributed by atoms with E-state index < -0.39 is 6.04 Å². The highest BCUT2D eigenvalue weighted by Crippen LogP contribution is 2.22. The Bertz CT molecular complexity index is 907. The minimum atomic E-state index is -0.476. The van der Waals surface area contributed by atoms with Gasteiger partial charge in [0.05, 0.1) is 6.42 Å². The first-order valence-corrected chi connectivity index (χ1v) is 10.7. The van der Waals surface area contributed by atoms with Crippen LogP contribution < -0.4 is 10.6 Å². The summed E-state index contributed by atoms with van der Waals surface area (Å²) in [6, 6.07) is 16.3. The molecule has 1 unspecified atom stereocenters. The number of benzene rings is 2. The minimum Gasteiger partial charge on any atom is -0.353 e. The molecule has 0 radical (unpaired) electrons. The van der Waals surface area contributed by atoms with Crippen molar-refractivity contribution in [3.63, 3.8) is 0 Å². The smallest absolute Gasteiger partial charge is 0.254 e. The van der Waals surface area contributed by atoms with Crippen LogP contribution in [-0.4, -0.2) is 41.2 Å². The molecule has 6 nitrogen and oxygen atoms in total. The highest BCUT2D eigenvalue weighted by atomic mass is 16.2. The summed E-state index contributed by atoms with van der Waals surface area (Å²) in [6.07, 6.45) is 4.96. The van der Waals surface area contributed by atoms with E-state index in [1.165, 1.54) is 0 Å². The Morgan fingerprint density at radius 2 is 1.63 bits per heavy atom. The Kier molecular flexibility index (Phi) is 6.12. The number of likely N-dealkylation sites (tertiary alicyclic amines) is 1. The van der Waals surface area contributed by atoms with E-state index in [-0.39, 0.29) is 17.7 Å². The van der Waals surface area contributed by atoms with Crippen molar-refractivity contribution in [2.75, 3.05) is 11.9 Å². The fourth-order valence-electron chi connectivity index (χ4n) is 3.82. The molecule has 1 heterocycles. The fourth-order valence-corrected chi connectivity index (χ4v) is 3.82. The summed E-state index contributed by atoms with van der Waals surface area (Å²) in [7, 11) is 0. The van der Waals surface area contributed by atoms with Crippen molar-refractivity contribution >= 4 is 23.4 Å². The molecule has 1 aliphatic heterocycles. The lowest BCUT2D eigenvalue weighted by molar-refractivity contribution is -0.121. The molecule has 156 valence electrons. The molecule has 1 atom stereocenters. The largest absolute Gasteiger partial charge is 0.353 e. The van der Waals surface area contributed by atoms with Crippen molar-refractivity contribution in [3.05, 3.63) is 65.7 Å². The van der Waals surface area contributed by atoms with Gasteiger partial charge < -0.3 is 15.5 Å². The van der Waals surface area contributed by atoms with Crippen molar-refractivity contribution in [2.45, 2.75) is 50.6 Å². The van der Waals surface area contributed by atoms with Crippen LogP contribution >= 0.6 is 0 Å². The Balaban J connectivity index is 1.37.